The van der Waals surface area contributed by atoms with E-state index in [1.54, 1.807) is 12.1 Å². The van der Waals surface area contributed by atoms with Crippen molar-refractivity contribution in [3.63, 3.8) is 0 Å². The maximum atomic E-state index is 13.2. The molecule has 0 spiro atoms. The van der Waals surface area contributed by atoms with Crippen molar-refractivity contribution in [2.45, 2.75) is 18.8 Å². The van der Waals surface area contributed by atoms with Crippen molar-refractivity contribution in [2.24, 2.45) is 0 Å². The van der Waals surface area contributed by atoms with Crippen LogP contribution in [0.5, 0.6) is 0 Å². The summed E-state index contributed by atoms with van der Waals surface area (Å²) in [5.41, 5.74) is 0.966. The van der Waals surface area contributed by atoms with Gasteiger partial charge in [-0.25, -0.2) is 15.2 Å². The first kappa shape index (κ1) is 28.8. The number of rotatable bonds is 7. The van der Waals surface area contributed by atoms with Crippen LogP contribution in [0, 0.1) is 0 Å². The number of halogens is 6. The molecule has 1 aliphatic rings. The molecule has 0 radical (unpaired) electrons. The van der Waals surface area contributed by atoms with Crippen molar-refractivity contribution in [1.82, 2.24) is 10.4 Å². The Labute approximate surface area is 231 Å². The predicted molar refractivity (Wildman–Crippen MR) is 140 cm³/mol. The summed E-state index contributed by atoms with van der Waals surface area (Å²) in [6.45, 7) is 0.312. The highest BCUT2D eigenvalue weighted by Gasteiger charge is 2.37. The number of alkyl halides is 6. The van der Waals surface area contributed by atoms with E-state index in [9.17, 15) is 35.9 Å². The van der Waals surface area contributed by atoms with Crippen LogP contribution in [0.2, 0.25) is 0 Å². The summed E-state index contributed by atoms with van der Waals surface area (Å²) in [5.74, 6) is -1.50. The first-order valence-electron chi connectivity index (χ1n) is 10.9. The number of nitrogens with one attached hydrogen (secondary N) is 1. The van der Waals surface area contributed by atoms with Crippen LogP contribution in [0.15, 0.2) is 58.8 Å². The molecule has 1 aliphatic heterocycles. The van der Waals surface area contributed by atoms with E-state index in [4.69, 9.17) is 17.3 Å². The monoisotopic (exact) mass is 602 g/mol. The standard InChI is InChI=1S/C25H16F6N2O3S3/c26-24(27,28)17-7-15(8-18(10-17)25(29,30)31)16-9-19(38-12-16)11-20-21(34)33(23(37)39-20)32-6-5-13-1-3-14(4-2-13)22(35)36/h1-4,7-12,32H,5-6H2,(H,35,36)/b20-11-. The zero-order valence-electron chi connectivity index (χ0n) is 19.4. The molecule has 2 heterocycles. The Morgan fingerprint density at radius 3 is 2.15 bits per heavy atom. The van der Waals surface area contributed by atoms with E-state index in [2.05, 4.69) is 5.43 Å². The summed E-state index contributed by atoms with van der Waals surface area (Å²) in [6.07, 6.45) is -7.98. The summed E-state index contributed by atoms with van der Waals surface area (Å²) in [5, 5.41) is 11.6. The van der Waals surface area contributed by atoms with E-state index in [0.29, 0.717) is 30.0 Å². The molecule has 0 aliphatic carbocycles. The minimum absolute atomic E-state index is 0.0696. The highest BCUT2D eigenvalue weighted by Crippen LogP contribution is 2.40. The summed E-state index contributed by atoms with van der Waals surface area (Å²) >= 11 is 7.30. The van der Waals surface area contributed by atoms with Crippen LogP contribution in [0.4, 0.5) is 26.3 Å². The topological polar surface area (TPSA) is 69.6 Å². The number of hydrogen-bond donors (Lipinski definition) is 2. The third-order valence-electron chi connectivity index (χ3n) is 5.49. The van der Waals surface area contributed by atoms with Gasteiger partial charge in [0.25, 0.3) is 5.91 Å². The maximum absolute atomic E-state index is 13.2. The highest BCUT2D eigenvalue weighted by atomic mass is 32.2. The van der Waals surface area contributed by atoms with Crippen LogP contribution in [-0.4, -0.2) is 32.9 Å². The molecule has 0 saturated carbocycles. The normalized spacial score (nSPS) is 15.4. The van der Waals surface area contributed by atoms with Crippen molar-refractivity contribution < 1.29 is 41.0 Å². The molecule has 1 fully saturated rings. The van der Waals surface area contributed by atoms with Gasteiger partial charge in [0.05, 0.1) is 21.6 Å². The largest absolute Gasteiger partial charge is 0.478 e. The van der Waals surface area contributed by atoms with Crippen molar-refractivity contribution in [3.05, 3.63) is 85.9 Å². The van der Waals surface area contributed by atoms with Crippen LogP contribution in [-0.2, 0) is 23.6 Å². The number of hydrogen-bond acceptors (Lipinski definition) is 6. The molecule has 204 valence electrons. The number of carbonyl (C=O) groups excluding carboxylic acids is 1. The van der Waals surface area contributed by atoms with E-state index >= 15 is 0 Å². The van der Waals surface area contributed by atoms with Crippen LogP contribution >= 0.6 is 35.3 Å². The van der Waals surface area contributed by atoms with Gasteiger partial charge in [-0.2, -0.15) is 26.3 Å². The fourth-order valence-corrected chi connectivity index (χ4v) is 5.69. The fourth-order valence-electron chi connectivity index (χ4n) is 3.56. The Balaban J connectivity index is 1.47. The van der Waals surface area contributed by atoms with Gasteiger partial charge in [0.1, 0.15) is 0 Å². The lowest BCUT2D eigenvalue weighted by molar-refractivity contribution is -0.143. The van der Waals surface area contributed by atoms with E-state index in [-0.39, 0.29) is 32.0 Å². The summed E-state index contributed by atoms with van der Waals surface area (Å²) in [7, 11) is 0. The molecular formula is C25H16F6N2O3S3. The molecule has 3 aromatic rings. The van der Waals surface area contributed by atoms with E-state index in [1.165, 1.54) is 34.7 Å². The minimum Gasteiger partial charge on any atom is -0.478 e. The molecule has 0 unspecified atom stereocenters. The summed E-state index contributed by atoms with van der Waals surface area (Å²) in [6, 6.07) is 9.04. The second-order valence-electron chi connectivity index (χ2n) is 8.21. The van der Waals surface area contributed by atoms with Crippen LogP contribution in [0.3, 0.4) is 0 Å². The number of carbonyl (C=O) groups is 2. The Hall–Kier alpha value is -3.20. The van der Waals surface area contributed by atoms with Crippen LogP contribution in [0.1, 0.15) is 31.9 Å². The number of hydrazine groups is 1. The minimum atomic E-state index is -4.96. The molecule has 2 N–H and O–H groups in total. The second-order valence-corrected chi connectivity index (χ2v) is 10.8. The van der Waals surface area contributed by atoms with Gasteiger partial charge in [-0.3, -0.25) is 4.79 Å². The van der Waals surface area contributed by atoms with Gasteiger partial charge in [0.15, 0.2) is 4.32 Å². The van der Waals surface area contributed by atoms with Gasteiger partial charge in [0.2, 0.25) is 0 Å². The lowest BCUT2D eigenvalue weighted by atomic mass is 10.0. The zero-order valence-corrected chi connectivity index (χ0v) is 21.8. The van der Waals surface area contributed by atoms with E-state index in [0.717, 1.165) is 28.7 Å². The van der Waals surface area contributed by atoms with Crippen molar-refractivity contribution in [3.8, 4) is 11.1 Å². The number of amides is 1. The van der Waals surface area contributed by atoms with E-state index < -0.39 is 35.4 Å². The van der Waals surface area contributed by atoms with Gasteiger partial charge in [-0.15, -0.1) is 11.3 Å². The number of aromatic carboxylic acids is 1. The molecule has 5 nitrogen and oxygen atoms in total. The molecule has 1 amide bonds. The number of thiocarbonyl (C=S) groups is 1. The van der Waals surface area contributed by atoms with Crippen LogP contribution < -0.4 is 5.43 Å². The van der Waals surface area contributed by atoms with Gasteiger partial charge in [-0.1, -0.05) is 36.1 Å². The zero-order chi connectivity index (χ0) is 28.5. The Bertz CT molecular complexity index is 1430. The molecule has 14 heteroatoms. The Kier molecular flexibility index (Phi) is 8.21. The Morgan fingerprint density at radius 2 is 1.59 bits per heavy atom. The molecule has 0 atom stereocenters. The molecule has 1 saturated heterocycles. The smallest absolute Gasteiger partial charge is 0.416 e. The average molecular weight is 603 g/mol. The van der Waals surface area contributed by atoms with Crippen molar-refractivity contribution in [2.75, 3.05) is 6.54 Å². The molecule has 1 aromatic heterocycles. The average Bonchev–Trinajstić information content (AvgIpc) is 3.43. The number of carboxylic acid groups (broad SMARTS) is 1. The molecular weight excluding hydrogens is 586 g/mol. The van der Waals surface area contributed by atoms with Gasteiger partial charge in [-0.05, 0) is 71.0 Å². The molecule has 4 rings (SSSR count). The van der Waals surface area contributed by atoms with E-state index in [1.807, 2.05) is 0 Å². The quantitative estimate of drug-likeness (QED) is 0.171. The third kappa shape index (κ3) is 6.87. The molecule has 2 aromatic carbocycles. The lowest BCUT2D eigenvalue weighted by Crippen LogP contribution is -2.42. The van der Waals surface area contributed by atoms with Gasteiger partial charge >= 0.3 is 18.3 Å². The summed E-state index contributed by atoms with van der Waals surface area (Å²) < 4.78 is 79.5. The highest BCUT2D eigenvalue weighted by molar-refractivity contribution is 8.26. The van der Waals surface area contributed by atoms with Crippen LogP contribution in [0.25, 0.3) is 17.2 Å². The summed E-state index contributed by atoms with van der Waals surface area (Å²) in [4.78, 5) is 24.5. The molecule has 39 heavy (non-hydrogen) atoms. The van der Waals surface area contributed by atoms with Gasteiger partial charge < -0.3 is 5.11 Å². The number of carboxylic acids is 1. The number of thiophene rings is 1. The van der Waals surface area contributed by atoms with Crippen molar-refractivity contribution in [1.29, 1.82) is 0 Å². The predicted octanol–water partition coefficient (Wildman–Crippen LogP) is 7.10. The second kappa shape index (κ2) is 11.1. The SMILES string of the molecule is O=C(O)c1ccc(CCNN2C(=O)/C(=C/c3cc(-c4cc(C(F)(F)F)cc(C(F)(F)F)c4)cs3)SC2=S)cc1. The fraction of sp³-hybridized carbons (Fsp3) is 0.160. The van der Waals surface area contributed by atoms with Crippen molar-refractivity contribution >= 4 is 57.6 Å². The number of thioether (sulfide) groups is 1. The third-order valence-corrected chi connectivity index (χ3v) is 7.67. The Morgan fingerprint density at radius 1 is 0.974 bits per heavy atom. The first-order chi connectivity index (χ1) is 18.2. The van der Waals surface area contributed by atoms with Gasteiger partial charge in [0, 0.05) is 11.4 Å². The molecule has 0 bridgehead atoms. The lowest BCUT2D eigenvalue weighted by Gasteiger charge is -2.15. The number of nitrogens with zero attached hydrogens (tertiary/aromatic N) is 1. The maximum Gasteiger partial charge on any atom is 0.416 e. The first-order valence-corrected chi connectivity index (χ1v) is 13.0. The number of benzene rings is 2.